The average Bonchev–Trinajstić information content (AvgIpc) is 2.51. The van der Waals surface area contributed by atoms with Crippen molar-refractivity contribution >= 4 is 24.0 Å². The van der Waals surface area contributed by atoms with Crippen LogP contribution >= 0.6 is 24.0 Å². The average molecular weight is 218 g/mol. The quantitative estimate of drug-likeness (QED) is 0.674. The molecule has 0 saturated carbocycles. The summed E-state index contributed by atoms with van der Waals surface area (Å²) in [5.41, 5.74) is 0.803. The van der Waals surface area contributed by atoms with Crippen LogP contribution in [0.3, 0.4) is 0 Å². The van der Waals surface area contributed by atoms with Gasteiger partial charge in [0.05, 0.1) is 6.10 Å². The molecule has 2 unspecified atom stereocenters. The van der Waals surface area contributed by atoms with E-state index in [0.717, 1.165) is 10.4 Å². The molecule has 0 saturated heterocycles. The highest BCUT2D eigenvalue weighted by Gasteiger charge is 2.18. The van der Waals surface area contributed by atoms with Crippen LogP contribution in [0.4, 0.5) is 0 Å². The first-order valence-corrected chi connectivity index (χ1v) is 5.68. The van der Waals surface area contributed by atoms with Gasteiger partial charge < -0.3 is 10.2 Å². The molecule has 0 aliphatic heterocycles. The summed E-state index contributed by atoms with van der Waals surface area (Å²) in [6, 6.07) is 1.90. The Morgan fingerprint density at radius 3 is 2.69 bits per heavy atom. The molecule has 1 rings (SSSR count). The van der Waals surface area contributed by atoms with Crippen LogP contribution in [0.15, 0.2) is 11.4 Å². The van der Waals surface area contributed by atoms with E-state index in [4.69, 9.17) is 0 Å². The lowest BCUT2D eigenvalue weighted by molar-refractivity contribution is 0.0175. The number of aryl methyl sites for hydroxylation is 1. The Morgan fingerprint density at radius 2 is 2.23 bits per heavy atom. The van der Waals surface area contributed by atoms with Gasteiger partial charge in [-0.05, 0) is 36.1 Å². The Bertz CT molecular complexity index is 260. The molecule has 1 heterocycles. The molecule has 4 heteroatoms. The van der Waals surface area contributed by atoms with Crippen LogP contribution in [-0.4, -0.2) is 22.1 Å². The van der Waals surface area contributed by atoms with Crippen molar-refractivity contribution in [3.05, 3.63) is 21.9 Å². The molecular weight excluding hydrogens is 204 g/mol. The fourth-order valence-electron chi connectivity index (χ4n) is 1.13. The van der Waals surface area contributed by atoms with Crippen LogP contribution in [0.2, 0.25) is 0 Å². The van der Waals surface area contributed by atoms with Gasteiger partial charge in [0.1, 0.15) is 6.10 Å². The monoisotopic (exact) mass is 218 g/mol. The zero-order valence-corrected chi connectivity index (χ0v) is 9.18. The number of thiol groups is 1. The van der Waals surface area contributed by atoms with Crippen molar-refractivity contribution in [2.24, 2.45) is 0 Å². The Morgan fingerprint density at radius 1 is 1.54 bits per heavy atom. The fourth-order valence-corrected chi connectivity index (χ4v) is 2.13. The van der Waals surface area contributed by atoms with Gasteiger partial charge in [-0.25, -0.2) is 0 Å². The minimum Gasteiger partial charge on any atom is -0.390 e. The second kappa shape index (κ2) is 5.00. The van der Waals surface area contributed by atoms with Gasteiger partial charge in [0.2, 0.25) is 0 Å². The van der Waals surface area contributed by atoms with Crippen molar-refractivity contribution in [3.63, 3.8) is 0 Å². The summed E-state index contributed by atoms with van der Waals surface area (Å²) in [5.74, 6) is 0.585. The highest BCUT2D eigenvalue weighted by molar-refractivity contribution is 7.80. The van der Waals surface area contributed by atoms with E-state index in [1.54, 1.807) is 11.3 Å². The predicted octanol–water partition coefficient (Wildman–Crippen LogP) is 1.77. The van der Waals surface area contributed by atoms with Gasteiger partial charge in [0.25, 0.3) is 0 Å². The van der Waals surface area contributed by atoms with Gasteiger partial charge in [-0.2, -0.15) is 12.6 Å². The molecule has 0 bridgehead atoms. The Balaban J connectivity index is 2.61. The summed E-state index contributed by atoms with van der Waals surface area (Å²) in [5, 5.41) is 21.0. The van der Waals surface area contributed by atoms with E-state index in [0.29, 0.717) is 12.2 Å². The van der Waals surface area contributed by atoms with Crippen LogP contribution in [0, 0.1) is 6.92 Å². The standard InChI is InChI=1S/C9H14O2S2/c1-6-4-7(5-13-6)9(11)8(10)2-3-12/h4-5,8-12H,2-3H2,1H3. The molecule has 0 amide bonds. The Kier molecular flexibility index (Phi) is 4.25. The third kappa shape index (κ3) is 2.98. The smallest absolute Gasteiger partial charge is 0.106 e. The van der Waals surface area contributed by atoms with Crippen LogP contribution in [0.25, 0.3) is 0 Å². The second-order valence-electron chi connectivity index (χ2n) is 3.02. The lowest BCUT2D eigenvalue weighted by atomic mass is 10.1. The molecule has 2 atom stereocenters. The van der Waals surface area contributed by atoms with Crippen molar-refractivity contribution in [1.29, 1.82) is 0 Å². The Hall–Kier alpha value is -0.0300. The molecule has 0 spiro atoms. The summed E-state index contributed by atoms with van der Waals surface area (Å²) < 4.78 is 0. The van der Waals surface area contributed by atoms with Crippen molar-refractivity contribution in [1.82, 2.24) is 0 Å². The number of aliphatic hydroxyl groups excluding tert-OH is 2. The molecule has 13 heavy (non-hydrogen) atoms. The molecule has 0 aliphatic rings. The largest absolute Gasteiger partial charge is 0.390 e. The minimum atomic E-state index is -0.767. The molecular formula is C9H14O2S2. The highest BCUT2D eigenvalue weighted by atomic mass is 32.1. The lowest BCUT2D eigenvalue weighted by Crippen LogP contribution is -2.18. The van der Waals surface area contributed by atoms with Crippen molar-refractivity contribution in [2.75, 3.05) is 5.75 Å². The van der Waals surface area contributed by atoms with E-state index >= 15 is 0 Å². The zero-order chi connectivity index (χ0) is 9.84. The number of aliphatic hydroxyl groups is 2. The van der Waals surface area contributed by atoms with Gasteiger partial charge in [-0.3, -0.25) is 0 Å². The van der Waals surface area contributed by atoms with E-state index in [-0.39, 0.29) is 0 Å². The van der Waals surface area contributed by atoms with Crippen LogP contribution in [0.1, 0.15) is 23.0 Å². The third-order valence-corrected chi connectivity index (χ3v) is 3.02. The molecule has 1 aromatic rings. The van der Waals surface area contributed by atoms with Crippen molar-refractivity contribution in [2.45, 2.75) is 25.6 Å². The summed E-state index contributed by atoms with van der Waals surface area (Å²) in [6.07, 6.45) is -0.956. The highest BCUT2D eigenvalue weighted by Crippen LogP contribution is 2.24. The maximum absolute atomic E-state index is 9.66. The SMILES string of the molecule is Cc1cc(C(O)C(O)CCS)cs1. The lowest BCUT2D eigenvalue weighted by Gasteiger charge is -2.15. The van der Waals surface area contributed by atoms with E-state index in [1.807, 2.05) is 18.4 Å². The van der Waals surface area contributed by atoms with Gasteiger partial charge in [0.15, 0.2) is 0 Å². The summed E-state index contributed by atoms with van der Waals surface area (Å²) in [6.45, 7) is 1.98. The number of thiophene rings is 1. The first-order valence-electron chi connectivity index (χ1n) is 4.17. The zero-order valence-electron chi connectivity index (χ0n) is 7.47. The molecule has 0 fully saturated rings. The minimum absolute atomic E-state index is 0.513. The topological polar surface area (TPSA) is 40.5 Å². The van der Waals surface area contributed by atoms with E-state index in [2.05, 4.69) is 12.6 Å². The fraction of sp³-hybridized carbons (Fsp3) is 0.556. The first-order chi connectivity index (χ1) is 6.15. The Labute approximate surface area is 87.6 Å². The van der Waals surface area contributed by atoms with Crippen molar-refractivity contribution < 1.29 is 10.2 Å². The number of rotatable bonds is 4. The van der Waals surface area contributed by atoms with Gasteiger partial charge >= 0.3 is 0 Å². The predicted molar refractivity (Wildman–Crippen MR) is 58.5 cm³/mol. The van der Waals surface area contributed by atoms with Gasteiger partial charge in [-0.1, -0.05) is 0 Å². The van der Waals surface area contributed by atoms with E-state index in [9.17, 15) is 10.2 Å². The van der Waals surface area contributed by atoms with Gasteiger partial charge in [-0.15, -0.1) is 11.3 Å². The molecule has 0 aliphatic carbocycles. The third-order valence-electron chi connectivity index (χ3n) is 1.88. The maximum Gasteiger partial charge on any atom is 0.106 e. The second-order valence-corrected chi connectivity index (χ2v) is 4.58. The number of hydrogen-bond acceptors (Lipinski definition) is 4. The van der Waals surface area contributed by atoms with Crippen molar-refractivity contribution in [3.8, 4) is 0 Å². The van der Waals surface area contributed by atoms with Crippen LogP contribution in [-0.2, 0) is 0 Å². The van der Waals surface area contributed by atoms with Crippen LogP contribution in [0.5, 0.6) is 0 Å². The normalized spacial score (nSPS) is 15.7. The summed E-state index contributed by atoms with van der Waals surface area (Å²) in [4.78, 5) is 1.15. The maximum atomic E-state index is 9.66. The molecule has 74 valence electrons. The summed E-state index contributed by atoms with van der Waals surface area (Å²) >= 11 is 5.58. The molecule has 2 nitrogen and oxygen atoms in total. The van der Waals surface area contributed by atoms with E-state index in [1.165, 1.54) is 0 Å². The summed E-state index contributed by atoms with van der Waals surface area (Å²) in [7, 11) is 0. The van der Waals surface area contributed by atoms with Gasteiger partial charge in [0, 0.05) is 4.88 Å². The number of hydrogen-bond donors (Lipinski definition) is 3. The first kappa shape index (κ1) is 11.0. The van der Waals surface area contributed by atoms with Crippen LogP contribution < -0.4 is 0 Å². The molecule has 0 radical (unpaired) electrons. The van der Waals surface area contributed by atoms with E-state index < -0.39 is 12.2 Å². The molecule has 1 aromatic heterocycles. The molecule has 0 aromatic carbocycles. The molecule has 2 N–H and O–H groups in total.